The van der Waals surface area contributed by atoms with E-state index in [1.54, 1.807) is 0 Å². The van der Waals surface area contributed by atoms with E-state index < -0.39 is 0 Å². The van der Waals surface area contributed by atoms with Gasteiger partial charge in [0.2, 0.25) is 0 Å². The van der Waals surface area contributed by atoms with Gasteiger partial charge < -0.3 is 4.42 Å². The molecule has 9 aromatic rings. The summed E-state index contributed by atoms with van der Waals surface area (Å²) in [7, 11) is 0. The van der Waals surface area contributed by atoms with Crippen molar-refractivity contribution < 1.29 is 4.42 Å². The third kappa shape index (κ3) is 4.75. The van der Waals surface area contributed by atoms with E-state index in [1.165, 1.54) is 16.5 Å². The van der Waals surface area contributed by atoms with Gasteiger partial charge in [0.1, 0.15) is 11.2 Å². The number of rotatable bonds is 5. The smallest absolute Gasteiger partial charge is 0.164 e. The molecule has 0 unspecified atom stereocenters. The van der Waals surface area contributed by atoms with Gasteiger partial charge in [0.05, 0.1) is 0 Å². The van der Waals surface area contributed by atoms with E-state index in [2.05, 4.69) is 103 Å². The number of benzene rings is 7. The molecule has 2 heterocycles. The summed E-state index contributed by atoms with van der Waals surface area (Å²) in [6.07, 6.45) is 0. The maximum absolute atomic E-state index is 6.75. The van der Waals surface area contributed by atoms with Gasteiger partial charge >= 0.3 is 0 Å². The highest BCUT2D eigenvalue weighted by Crippen LogP contribution is 2.42. The SMILES string of the molecule is c1ccc(-c2nc(-c3ccccc3)nc(-c3ccc(-c4cccc5c4oc4c6ccccc6c(-c6ccccc6)cc54)cc3)n2)cc1. The Hall–Kier alpha value is -6.39. The van der Waals surface area contributed by atoms with Crippen LogP contribution in [0.15, 0.2) is 168 Å². The second-order valence-electron chi connectivity index (χ2n) is 11.6. The molecule has 4 nitrogen and oxygen atoms in total. The van der Waals surface area contributed by atoms with Crippen molar-refractivity contribution >= 4 is 32.7 Å². The Morgan fingerprint density at radius 2 is 0.723 bits per heavy atom. The van der Waals surface area contributed by atoms with Gasteiger partial charge in [-0.05, 0) is 28.1 Å². The van der Waals surface area contributed by atoms with E-state index in [0.717, 1.165) is 55.1 Å². The summed E-state index contributed by atoms with van der Waals surface area (Å²) in [5.74, 6) is 1.92. The zero-order valence-corrected chi connectivity index (χ0v) is 25.3. The van der Waals surface area contributed by atoms with Crippen molar-refractivity contribution in [3.63, 3.8) is 0 Å². The second-order valence-corrected chi connectivity index (χ2v) is 11.6. The molecule has 47 heavy (non-hydrogen) atoms. The first-order chi connectivity index (χ1) is 23.3. The van der Waals surface area contributed by atoms with Gasteiger partial charge in [0, 0.05) is 38.4 Å². The molecule has 4 heteroatoms. The highest BCUT2D eigenvalue weighted by Gasteiger charge is 2.18. The zero-order valence-electron chi connectivity index (χ0n) is 25.3. The number of hydrogen-bond donors (Lipinski definition) is 0. The van der Waals surface area contributed by atoms with Crippen molar-refractivity contribution in [1.82, 2.24) is 15.0 Å². The van der Waals surface area contributed by atoms with E-state index in [1.807, 2.05) is 60.7 Å². The number of nitrogens with zero attached hydrogens (tertiary/aromatic N) is 3. The summed E-state index contributed by atoms with van der Waals surface area (Å²) in [4.78, 5) is 14.6. The molecule has 0 aliphatic rings. The van der Waals surface area contributed by atoms with Gasteiger partial charge in [-0.25, -0.2) is 15.0 Å². The Bertz CT molecular complexity index is 2480. The minimum absolute atomic E-state index is 0.631. The highest BCUT2D eigenvalue weighted by molar-refractivity contribution is 6.20. The molecule has 0 saturated heterocycles. The number of furan rings is 1. The van der Waals surface area contributed by atoms with Gasteiger partial charge in [0.25, 0.3) is 0 Å². The van der Waals surface area contributed by atoms with Gasteiger partial charge in [-0.2, -0.15) is 0 Å². The largest absolute Gasteiger partial charge is 0.455 e. The molecule has 0 saturated carbocycles. The Morgan fingerprint density at radius 1 is 0.298 bits per heavy atom. The van der Waals surface area contributed by atoms with E-state index in [4.69, 9.17) is 19.4 Å². The van der Waals surface area contributed by atoms with Crippen molar-refractivity contribution in [2.75, 3.05) is 0 Å². The molecule has 0 amide bonds. The van der Waals surface area contributed by atoms with E-state index in [-0.39, 0.29) is 0 Å². The monoisotopic (exact) mass is 601 g/mol. The van der Waals surface area contributed by atoms with Crippen LogP contribution in [0.2, 0.25) is 0 Å². The van der Waals surface area contributed by atoms with Crippen molar-refractivity contribution in [1.29, 1.82) is 0 Å². The Labute approximate surface area is 271 Å². The maximum Gasteiger partial charge on any atom is 0.164 e. The standard InChI is InChI=1S/C43H27N3O/c1-4-13-28(14-5-1)37-27-38-36-22-12-21-33(39(36)47-40(38)35-20-11-10-19-34(35)37)29-23-25-32(26-24-29)43-45-41(30-15-6-2-7-16-30)44-42(46-43)31-17-8-3-9-18-31/h1-27H. The average Bonchev–Trinajstić information content (AvgIpc) is 3.55. The summed E-state index contributed by atoms with van der Waals surface area (Å²) in [6, 6.07) is 56.3. The fraction of sp³-hybridized carbons (Fsp3) is 0. The van der Waals surface area contributed by atoms with Crippen LogP contribution in [-0.4, -0.2) is 15.0 Å². The molecular weight excluding hydrogens is 574 g/mol. The minimum atomic E-state index is 0.631. The quantitative estimate of drug-likeness (QED) is 0.197. The zero-order chi connectivity index (χ0) is 31.2. The number of para-hydroxylation sites is 1. The molecule has 0 aliphatic carbocycles. The first kappa shape index (κ1) is 27.0. The number of aromatic nitrogens is 3. The molecule has 2 aromatic heterocycles. The molecular formula is C43H27N3O. The highest BCUT2D eigenvalue weighted by atomic mass is 16.3. The first-order valence-electron chi connectivity index (χ1n) is 15.7. The molecule has 0 atom stereocenters. The lowest BCUT2D eigenvalue weighted by atomic mass is 9.95. The summed E-state index contributed by atoms with van der Waals surface area (Å²) >= 11 is 0. The Balaban J connectivity index is 1.17. The summed E-state index contributed by atoms with van der Waals surface area (Å²) in [6.45, 7) is 0. The van der Waals surface area contributed by atoms with Gasteiger partial charge in [-0.1, -0.05) is 158 Å². The molecule has 0 N–H and O–H groups in total. The average molecular weight is 602 g/mol. The minimum Gasteiger partial charge on any atom is -0.455 e. The van der Waals surface area contributed by atoms with Crippen LogP contribution in [0.1, 0.15) is 0 Å². The van der Waals surface area contributed by atoms with E-state index in [0.29, 0.717) is 17.5 Å². The topological polar surface area (TPSA) is 51.8 Å². The molecule has 0 bridgehead atoms. The van der Waals surface area contributed by atoms with Crippen LogP contribution >= 0.6 is 0 Å². The normalized spacial score (nSPS) is 11.4. The van der Waals surface area contributed by atoms with Crippen molar-refractivity contribution in [2.24, 2.45) is 0 Å². The molecule has 0 aliphatic heterocycles. The maximum atomic E-state index is 6.75. The van der Waals surface area contributed by atoms with Gasteiger partial charge in [0.15, 0.2) is 17.5 Å². The number of fused-ring (bicyclic) bond motifs is 5. The van der Waals surface area contributed by atoms with E-state index >= 15 is 0 Å². The predicted octanol–water partition coefficient (Wildman–Crippen LogP) is 11.3. The van der Waals surface area contributed by atoms with Crippen LogP contribution in [0.4, 0.5) is 0 Å². The molecule has 9 rings (SSSR count). The summed E-state index contributed by atoms with van der Waals surface area (Å²) in [5.41, 5.74) is 9.10. The Morgan fingerprint density at radius 3 is 1.32 bits per heavy atom. The van der Waals surface area contributed by atoms with Crippen LogP contribution in [0.5, 0.6) is 0 Å². The van der Waals surface area contributed by atoms with Crippen molar-refractivity contribution in [2.45, 2.75) is 0 Å². The molecule has 0 fully saturated rings. The van der Waals surface area contributed by atoms with Crippen LogP contribution in [-0.2, 0) is 0 Å². The van der Waals surface area contributed by atoms with Crippen molar-refractivity contribution in [3.05, 3.63) is 164 Å². The van der Waals surface area contributed by atoms with E-state index in [9.17, 15) is 0 Å². The van der Waals surface area contributed by atoms with Gasteiger partial charge in [-0.3, -0.25) is 0 Å². The lowest BCUT2D eigenvalue weighted by molar-refractivity contribution is 0.674. The van der Waals surface area contributed by atoms with Crippen LogP contribution < -0.4 is 0 Å². The van der Waals surface area contributed by atoms with Crippen molar-refractivity contribution in [3.8, 4) is 56.4 Å². The van der Waals surface area contributed by atoms with Crippen LogP contribution in [0.25, 0.3) is 89.1 Å². The number of hydrogen-bond acceptors (Lipinski definition) is 4. The predicted molar refractivity (Wildman–Crippen MR) is 192 cm³/mol. The lowest BCUT2D eigenvalue weighted by Gasteiger charge is -2.09. The summed E-state index contributed by atoms with van der Waals surface area (Å²) in [5, 5.41) is 4.50. The van der Waals surface area contributed by atoms with Crippen LogP contribution in [0.3, 0.4) is 0 Å². The third-order valence-electron chi connectivity index (χ3n) is 8.74. The second kappa shape index (κ2) is 11.2. The van der Waals surface area contributed by atoms with Gasteiger partial charge in [-0.15, -0.1) is 0 Å². The van der Waals surface area contributed by atoms with Crippen LogP contribution in [0, 0.1) is 0 Å². The lowest BCUT2D eigenvalue weighted by Crippen LogP contribution is -2.00. The fourth-order valence-electron chi connectivity index (χ4n) is 6.44. The molecule has 0 spiro atoms. The third-order valence-corrected chi connectivity index (χ3v) is 8.74. The Kier molecular flexibility index (Phi) is 6.43. The molecule has 7 aromatic carbocycles. The first-order valence-corrected chi connectivity index (χ1v) is 15.7. The molecule has 220 valence electrons. The molecule has 0 radical (unpaired) electrons. The fourth-order valence-corrected chi connectivity index (χ4v) is 6.44. The summed E-state index contributed by atoms with van der Waals surface area (Å²) < 4.78 is 6.75.